The number of nitrogens with two attached hydrogens (primary N) is 1. The Morgan fingerprint density at radius 2 is 2.09 bits per heavy atom. The molecule has 0 bridgehead atoms. The molecule has 2 N–H and O–H groups in total. The molecule has 1 aromatic rings. The van der Waals surface area contributed by atoms with E-state index in [-0.39, 0.29) is 18.1 Å². The average molecular weight is 325 g/mol. The van der Waals surface area contributed by atoms with E-state index in [1.54, 1.807) is 6.20 Å². The smallest absolute Gasteiger partial charge is 0.251 e. The SMILES string of the molecule is NC[C@H]1CC[C@@H](C(=O)N2CCN(c3ccc(Cl)cn3)CC2)O1. The molecule has 1 amide bonds. The Hall–Kier alpha value is -1.37. The first-order chi connectivity index (χ1) is 10.7. The summed E-state index contributed by atoms with van der Waals surface area (Å²) < 4.78 is 5.69. The molecule has 3 heterocycles. The second-order valence-corrected chi connectivity index (χ2v) is 6.14. The third kappa shape index (κ3) is 3.34. The molecule has 7 heteroatoms. The van der Waals surface area contributed by atoms with Gasteiger partial charge in [0.1, 0.15) is 11.9 Å². The van der Waals surface area contributed by atoms with Gasteiger partial charge in [0.15, 0.2) is 0 Å². The fraction of sp³-hybridized carbons (Fsp3) is 0.600. The van der Waals surface area contributed by atoms with Crippen LogP contribution >= 0.6 is 11.6 Å². The summed E-state index contributed by atoms with van der Waals surface area (Å²) in [4.78, 5) is 20.8. The highest BCUT2D eigenvalue weighted by Gasteiger charge is 2.34. The van der Waals surface area contributed by atoms with Crippen molar-refractivity contribution in [1.82, 2.24) is 9.88 Å². The van der Waals surface area contributed by atoms with Gasteiger partial charge in [0.25, 0.3) is 5.91 Å². The molecular formula is C15H21ClN4O2. The molecule has 2 aliphatic rings. The number of rotatable bonds is 3. The molecule has 0 saturated carbocycles. The molecular weight excluding hydrogens is 304 g/mol. The highest BCUT2D eigenvalue weighted by molar-refractivity contribution is 6.30. The number of anilines is 1. The maximum Gasteiger partial charge on any atom is 0.251 e. The zero-order valence-electron chi connectivity index (χ0n) is 12.4. The molecule has 3 rings (SSSR count). The lowest BCUT2D eigenvalue weighted by atomic mass is 10.1. The molecule has 2 atom stereocenters. The first-order valence-corrected chi connectivity index (χ1v) is 8.06. The number of hydrogen-bond donors (Lipinski definition) is 1. The summed E-state index contributed by atoms with van der Waals surface area (Å²) in [6.07, 6.45) is 3.02. The van der Waals surface area contributed by atoms with Gasteiger partial charge in [0, 0.05) is 38.9 Å². The van der Waals surface area contributed by atoms with Crippen molar-refractivity contribution in [3.63, 3.8) is 0 Å². The summed E-state index contributed by atoms with van der Waals surface area (Å²) >= 11 is 5.86. The molecule has 120 valence electrons. The summed E-state index contributed by atoms with van der Waals surface area (Å²) in [6, 6.07) is 3.74. The second-order valence-electron chi connectivity index (χ2n) is 5.71. The summed E-state index contributed by atoms with van der Waals surface area (Å²) in [5.74, 6) is 0.997. The normalized spacial score (nSPS) is 25.5. The van der Waals surface area contributed by atoms with E-state index in [2.05, 4.69) is 9.88 Å². The standard InChI is InChI=1S/C15H21ClN4O2/c16-11-1-4-14(18-10-11)19-5-7-20(8-6-19)15(21)13-3-2-12(9-17)22-13/h1,4,10,12-13H,2-3,5-9,17H2/t12-,13+/m1/s1. The van der Waals surface area contributed by atoms with Gasteiger partial charge in [-0.15, -0.1) is 0 Å². The van der Waals surface area contributed by atoms with E-state index < -0.39 is 0 Å². The Morgan fingerprint density at radius 1 is 1.32 bits per heavy atom. The van der Waals surface area contributed by atoms with Gasteiger partial charge in [-0.1, -0.05) is 11.6 Å². The first kappa shape index (κ1) is 15.5. The highest BCUT2D eigenvalue weighted by atomic mass is 35.5. The molecule has 2 saturated heterocycles. The lowest BCUT2D eigenvalue weighted by Gasteiger charge is -2.36. The van der Waals surface area contributed by atoms with Crippen molar-refractivity contribution < 1.29 is 9.53 Å². The zero-order chi connectivity index (χ0) is 15.5. The van der Waals surface area contributed by atoms with Crippen molar-refractivity contribution in [3.8, 4) is 0 Å². The van der Waals surface area contributed by atoms with E-state index in [0.717, 1.165) is 31.7 Å². The predicted molar refractivity (Wildman–Crippen MR) is 85.0 cm³/mol. The second kappa shape index (κ2) is 6.81. The third-order valence-electron chi connectivity index (χ3n) is 4.27. The number of ether oxygens (including phenoxy) is 1. The van der Waals surface area contributed by atoms with Crippen molar-refractivity contribution in [1.29, 1.82) is 0 Å². The number of hydrogen-bond acceptors (Lipinski definition) is 5. The largest absolute Gasteiger partial charge is 0.364 e. The van der Waals surface area contributed by atoms with Crippen LogP contribution in [0.1, 0.15) is 12.8 Å². The first-order valence-electron chi connectivity index (χ1n) is 7.68. The van der Waals surface area contributed by atoms with Crippen LogP contribution in [0.5, 0.6) is 0 Å². The van der Waals surface area contributed by atoms with Crippen LogP contribution in [0.2, 0.25) is 5.02 Å². The summed E-state index contributed by atoms with van der Waals surface area (Å²) in [6.45, 7) is 3.41. The number of nitrogens with zero attached hydrogens (tertiary/aromatic N) is 3. The van der Waals surface area contributed by atoms with E-state index in [9.17, 15) is 4.79 Å². The van der Waals surface area contributed by atoms with E-state index in [0.29, 0.717) is 24.7 Å². The molecule has 0 radical (unpaired) electrons. The molecule has 6 nitrogen and oxygen atoms in total. The van der Waals surface area contributed by atoms with Gasteiger partial charge >= 0.3 is 0 Å². The van der Waals surface area contributed by atoms with E-state index >= 15 is 0 Å². The number of aromatic nitrogens is 1. The molecule has 2 aliphatic heterocycles. The van der Waals surface area contributed by atoms with Crippen molar-refractivity contribution in [2.45, 2.75) is 25.0 Å². The lowest BCUT2D eigenvalue weighted by Crippen LogP contribution is -2.51. The minimum absolute atomic E-state index is 0.0357. The lowest BCUT2D eigenvalue weighted by molar-refractivity contribution is -0.143. The Kier molecular flexibility index (Phi) is 4.81. The number of carbonyl (C=O) groups excluding carboxylic acids is 1. The topological polar surface area (TPSA) is 71.7 Å². The van der Waals surface area contributed by atoms with Crippen molar-refractivity contribution in [3.05, 3.63) is 23.4 Å². The monoisotopic (exact) mass is 324 g/mol. The predicted octanol–water partition coefficient (Wildman–Crippen LogP) is 0.890. The zero-order valence-corrected chi connectivity index (χ0v) is 13.2. The fourth-order valence-corrected chi connectivity index (χ4v) is 3.09. The van der Waals surface area contributed by atoms with E-state index in [1.807, 2.05) is 17.0 Å². The van der Waals surface area contributed by atoms with Gasteiger partial charge in [0.05, 0.1) is 11.1 Å². The minimum atomic E-state index is -0.311. The highest BCUT2D eigenvalue weighted by Crippen LogP contribution is 2.22. The van der Waals surface area contributed by atoms with Gasteiger partial charge in [-0.05, 0) is 25.0 Å². The summed E-state index contributed by atoms with van der Waals surface area (Å²) in [7, 11) is 0. The van der Waals surface area contributed by atoms with Gasteiger partial charge in [-0.2, -0.15) is 0 Å². The number of piperazine rings is 1. The van der Waals surface area contributed by atoms with Crippen LogP contribution in [0.15, 0.2) is 18.3 Å². The minimum Gasteiger partial charge on any atom is -0.364 e. The fourth-order valence-electron chi connectivity index (χ4n) is 2.98. The Bertz CT molecular complexity index is 517. The maximum absolute atomic E-state index is 12.5. The summed E-state index contributed by atoms with van der Waals surface area (Å²) in [5, 5.41) is 0.630. The molecule has 0 aliphatic carbocycles. The van der Waals surface area contributed by atoms with E-state index in [1.165, 1.54) is 0 Å². The van der Waals surface area contributed by atoms with Crippen molar-refractivity contribution >= 4 is 23.3 Å². The average Bonchev–Trinajstić information content (AvgIpc) is 3.04. The van der Waals surface area contributed by atoms with Crippen LogP contribution in [0, 0.1) is 0 Å². The molecule has 0 spiro atoms. The van der Waals surface area contributed by atoms with Crippen LogP contribution in [0.3, 0.4) is 0 Å². The van der Waals surface area contributed by atoms with Crippen LogP contribution in [0.4, 0.5) is 5.82 Å². The van der Waals surface area contributed by atoms with Gasteiger partial charge in [-0.25, -0.2) is 4.98 Å². The van der Waals surface area contributed by atoms with Gasteiger partial charge in [-0.3, -0.25) is 4.79 Å². The van der Waals surface area contributed by atoms with Crippen LogP contribution < -0.4 is 10.6 Å². The Labute approximate surface area is 135 Å². The number of pyridine rings is 1. The van der Waals surface area contributed by atoms with Gasteiger partial charge in [0.2, 0.25) is 0 Å². The molecule has 0 unspecified atom stereocenters. The number of carbonyl (C=O) groups is 1. The molecule has 22 heavy (non-hydrogen) atoms. The number of amides is 1. The van der Waals surface area contributed by atoms with Gasteiger partial charge < -0.3 is 20.3 Å². The van der Waals surface area contributed by atoms with E-state index in [4.69, 9.17) is 22.1 Å². The Morgan fingerprint density at radius 3 is 2.68 bits per heavy atom. The molecule has 1 aromatic heterocycles. The summed E-state index contributed by atoms with van der Waals surface area (Å²) in [5.41, 5.74) is 5.59. The molecule has 0 aromatic carbocycles. The maximum atomic E-state index is 12.5. The molecule has 2 fully saturated rings. The van der Waals surface area contributed by atoms with Crippen molar-refractivity contribution in [2.75, 3.05) is 37.6 Å². The van der Waals surface area contributed by atoms with Crippen LogP contribution in [-0.4, -0.2) is 60.7 Å². The van der Waals surface area contributed by atoms with Crippen molar-refractivity contribution in [2.24, 2.45) is 5.73 Å². The number of halogens is 1. The third-order valence-corrected chi connectivity index (χ3v) is 4.50. The van der Waals surface area contributed by atoms with Crippen LogP contribution in [0.25, 0.3) is 0 Å². The van der Waals surface area contributed by atoms with Crippen LogP contribution in [-0.2, 0) is 9.53 Å². The quantitative estimate of drug-likeness (QED) is 0.894. The Balaban J connectivity index is 1.53.